The summed E-state index contributed by atoms with van der Waals surface area (Å²) in [5.41, 5.74) is 0. The number of Topliss-reactive ketones (excluding diaryl/α,β-unsaturated/α-hetero) is 1. The molecule has 0 fully saturated rings. The molecule has 0 rings (SSSR count). The van der Waals surface area contributed by atoms with Gasteiger partial charge in [-0.2, -0.15) is 0 Å². The maximum absolute atomic E-state index is 13.2. The van der Waals surface area contributed by atoms with Gasteiger partial charge in [-0.25, -0.2) is 4.79 Å². The van der Waals surface area contributed by atoms with Gasteiger partial charge in [0.1, 0.15) is 5.78 Å². The van der Waals surface area contributed by atoms with Crippen molar-refractivity contribution in [2.45, 2.75) is 322 Å². The zero-order valence-electron chi connectivity index (χ0n) is 40.3. The summed E-state index contributed by atoms with van der Waals surface area (Å²) in [6, 6.07) is 0. The summed E-state index contributed by atoms with van der Waals surface area (Å²) >= 11 is 0. The Kier molecular flexibility index (Phi) is 46.8. The van der Waals surface area contributed by atoms with E-state index >= 15 is 0 Å². The van der Waals surface area contributed by atoms with Crippen LogP contribution >= 0.6 is 0 Å². The van der Waals surface area contributed by atoms with Gasteiger partial charge in [-0.1, -0.05) is 271 Å². The molecule has 0 aromatic carbocycles. The van der Waals surface area contributed by atoms with Gasteiger partial charge in [-0.3, -0.25) is 9.59 Å². The Bertz CT molecular complexity index is 886. The molecule has 0 amide bonds. The lowest BCUT2D eigenvalue weighted by atomic mass is 9.88. The maximum atomic E-state index is 13.2. The first-order chi connectivity index (χ1) is 29.0. The van der Waals surface area contributed by atoms with Crippen LogP contribution in [0.15, 0.2) is 0 Å². The highest BCUT2D eigenvalue weighted by molar-refractivity contribution is 5.87. The highest BCUT2D eigenvalue weighted by Crippen LogP contribution is 2.23. The molecule has 350 valence electrons. The zero-order valence-corrected chi connectivity index (χ0v) is 40.3. The summed E-state index contributed by atoms with van der Waals surface area (Å²) in [7, 11) is 0. The van der Waals surface area contributed by atoms with Gasteiger partial charge in [-0.05, 0) is 32.1 Å². The molecule has 0 bridgehead atoms. The average molecular weight is 833 g/mol. The molecule has 0 aliphatic heterocycles. The minimum absolute atomic E-state index is 0.254. The molecule has 0 heterocycles. The summed E-state index contributed by atoms with van der Waals surface area (Å²) in [5, 5.41) is 10.2. The number of ketones is 1. The Balaban J connectivity index is 3.85. The lowest BCUT2D eigenvalue weighted by Crippen LogP contribution is -2.25. The molecule has 0 aliphatic rings. The third-order valence-electron chi connectivity index (χ3n) is 12.9. The Morgan fingerprint density at radius 1 is 0.339 bits per heavy atom. The van der Waals surface area contributed by atoms with E-state index in [0.29, 0.717) is 12.2 Å². The molecular weight excluding hydrogens is 729 g/mol. The second-order valence-corrected chi connectivity index (χ2v) is 18.8. The Labute approximate surface area is 368 Å². The molecule has 0 aliphatic carbocycles. The van der Waals surface area contributed by atoms with Crippen molar-refractivity contribution in [1.82, 2.24) is 0 Å². The first kappa shape index (κ1) is 57.8. The van der Waals surface area contributed by atoms with Gasteiger partial charge < -0.3 is 9.84 Å². The highest BCUT2D eigenvalue weighted by atomic mass is 16.6. The number of esters is 2. The molecule has 59 heavy (non-hydrogen) atoms. The topological polar surface area (TPSA) is 80.7 Å². The molecule has 0 radical (unpaired) electrons. The molecule has 2 atom stereocenters. The van der Waals surface area contributed by atoms with E-state index in [1.807, 2.05) is 0 Å². The van der Waals surface area contributed by atoms with Gasteiger partial charge in [0.2, 0.25) is 0 Å². The number of unbranched alkanes of at least 4 members (excludes halogenated alkanes) is 37. The van der Waals surface area contributed by atoms with E-state index in [4.69, 9.17) is 4.74 Å². The smallest absolute Gasteiger partial charge is 0.342 e. The van der Waals surface area contributed by atoms with Crippen LogP contribution in [0.4, 0.5) is 0 Å². The predicted octanol–water partition coefficient (Wildman–Crippen LogP) is 17.6. The van der Waals surface area contributed by atoms with Crippen molar-refractivity contribution < 1.29 is 24.2 Å². The minimum atomic E-state index is -1.21. The molecule has 5 nitrogen and oxygen atoms in total. The number of hydrogen-bond acceptors (Lipinski definition) is 5. The third-order valence-corrected chi connectivity index (χ3v) is 12.9. The van der Waals surface area contributed by atoms with Crippen LogP contribution in [0, 0.1) is 5.92 Å². The fraction of sp³-hybridized carbons (Fsp3) is 0.944. The van der Waals surface area contributed by atoms with Crippen molar-refractivity contribution in [2.24, 2.45) is 5.92 Å². The van der Waals surface area contributed by atoms with Gasteiger partial charge in [0.05, 0.1) is 0 Å². The minimum Gasteiger partial charge on any atom is -0.391 e. The molecule has 1 N–H and O–H groups in total. The molecule has 0 aromatic rings. The molecule has 2 unspecified atom stereocenters. The van der Waals surface area contributed by atoms with E-state index in [2.05, 4.69) is 20.8 Å². The third kappa shape index (κ3) is 43.2. The number of carbonyl (C=O) groups is 3. The van der Waals surface area contributed by atoms with E-state index in [-0.39, 0.29) is 12.3 Å². The molecule has 0 saturated heterocycles. The Hall–Kier alpha value is -1.23. The Morgan fingerprint density at radius 2 is 0.593 bits per heavy atom. The lowest BCUT2D eigenvalue weighted by molar-refractivity contribution is -0.166. The number of rotatable bonds is 49. The fourth-order valence-corrected chi connectivity index (χ4v) is 8.76. The van der Waals surface area contributed by atoms with E-state index in [1.165, 1.54) is 205 Å². The highest BCUT2D eigenvalue weighted by Gasteiger charge is 2.20. The van der Waals surface area contributed by atoms with Crippen LogP contribution < -0.4 is 0 Å². The first-order valence-corrected chi connectivity index (χ1v) is 26.9. The molecule has 0 aromatic heterocycles. The van der Waals surface area contributed by atoms with Crippen molar-refractivity contribution in [3.05, 3.63) is 0 Å². The summed E-state index contributed by atoms with van der Waals surface area (Å²) in [4.78, 5) is 37.6. The largest absolute Gasteiger partial charge is 0.391 e. The van der Waals surface area contributed by atoms with Gasteiger partial charge >= 0.3 is 11.9 Å². The standard InChI is InChI=1S/C54H104O5/c1-4-7-10-13-15-17-19-21-23-25-27-29-33-37-42-47-51(55)50(45-40-12-9-6-3)46-41-36-32-31-34-38-43-48-52(56)54(58)59-53(57)49-44-39-35-30-28-26-24-22-20-18-16-14-11-8-5-2/h50,52,56H,4-49H2,1-3H3. The number of hydrogen-bond donors (Lipinski definition) is 1. The monoisotopic (exact) mass is 833 g/mol. The lowest BCUT2D eigenvalue weighted by Gasteiger charge is -2.16. The molecular formula is C54H104O5. The SMILES string of the molecule is CCCCCCCCCCCCCCCCCC(=O)OC(=O)C(O)CCCCCCCCCC(CCCCCC)C(=O)CCCCCCCCCCCCCCCCC. The van der Waals surface area contributed by atoms with Crippen molar-refractivity contribution >= 4 is 17.7 Å². The number of aliphatic hydroxyl groups is 1. The predicted molar refractivity (Wildman–Crippen MR) is 255 cm³/mol. The Morgan fingerprint density at radius 3 is 0.932 bits per heavy atom. The van der Waals surface area contributed by atoms with Crippen LogP contribution in [-0.4, -0.2) is 28.9 Å². The van der Waals surface area contributed by atoms with Gasteiger partial charge in [-0.15, -0.1) is 0 Å². The van der Waals surface area contributed by atoms with E-state index in [9.17, 15) is 19.5 Å². The number of carbonyl (C=O) groups excluding carboxylic acids is 3. The van der Waals surface area contributed by atoms with Crippen LogP contribution in [0.25, 0.3) is 0 Å². The van der Waals surface area contributed by atoms with Crippen molar-refractivity contribution in [1.29, 1.82) is 0 Å². The maximum Gasteiger partial charge on any atom is 0.342 e. The van der Waals surface area contributed by atoms with E-state index in [1.54, 1.807) is 0 Å². The quantitative estimate of drug-likeness (QED) is 0.0375. The van der Waals surface area contributed by atoms with Crippen molar-refractivity contribution in [3.8, 4) is 0 Å². The van der Waals surface area contributed by atoms with Crippen LogP contribution in [0.2, 0.25) is 0 Å². The van der Waals surface area contributed by atoms with Crippen LogP contribution in [-0.2, 0) is 19.1 Å². The fourth-order valence-electron chi connectivity index (χ4n) is 8.76. The summed E-state index contributed by atoms with van der Waals surface area (Å²) in [6.07, 6.45) is 54.1. The molecule has 0 spiro atoms. The molecule has 5 heteroatoms. The van der Waals surface area contributed by atoms with Gasteiger partial charge in [0, 0.05) is 18.8 Å². The number of aliphatic hydroxyl groups excluding tert-OH is 1. The van der Waals surface area contributed by atoms with Gasteiger partial charge in [0.15, 0.2) is 6.10 Å². The summed E-state index contributed by atoms with van der Waals surface area (Å²) < 4.78 is 4.94. The van der Waals surface area contributed by atoms with Crippen LogP contribution in [0.3, 0.4) is 0 Å². The zero-order chi connectivity index (χ0) is 43.1. The van der Waals surface area contributed by atoms with Crippen LogP contribution in [0.1, 0.15) is 316 Å². The second kappa shape index (κ2) is 47.8. The van der Waals surface area contributed by atoms with Crippen molar-refractivity contribution in [2.75, 3.05) is 0 Å². The summed E-state index contributed by atoms with van der Waals surface area (Å²) in [6.45, 7) is 6.81. The van der Waals surface area contributed by atoms with Crippen LogP contribution in [0.5, 0.6) is 0 Å². The first-order valence-electron chi connectivity index (χ1n) is 26.9. The number of ether oxygens (including phenoxy) is 1. The van der Waals surface area contributed by atoms with Crippen molar-refractivity contribution in [3.63, 3.8) is 0 Å². The second-order valence-electron chi connectivity index (χ2n) is 18.8. The molecule has 0 saturated carbocycles. The summed E-state index contributed by atoms with van der Waals surface area (Å²) in [5.74, 6) is -0.497. The van der Waals surface area contributed by atoms with E-state index in [0.717, 1.165) is 77.0 Å². The van der Waals surface area contributed by atoms with Gasteiger partial charge in [0.25, 0.3) is 0 Å². The van der Waals surface area contributed by atoms with E-state index < -0.39 is 18.0 Å². The average Bonchev–Trinajstić information content (AvgIpc) is 3.23. The normalized spacial score (nSPS) is 12.5.